The van der Waals surface area contributed by atoms with Gasteiger partial charge in [0.25, 0.3) is 5.56 Å². The van der Waals surface area contributed by atoms with Gasteiger partial charge in [0.05, 0.1) is 0 Å². The first-order chi connectivity index (χ1) is 12.0. The van der Waals surface area contributed by atoms with E-state index in [2.05, 4.69) is 10.3 Å². The Labute approximate surface area is 146 Å². The van der Waals surface area contributed by atoms with Crippen molar-refractivity contribution < 1.29 is 4.79 Å². The fourth-order valence-corrected chi connectivity index (χ4v) is 2.69. The van der Waals surface area contributed by atoms with Crippen LogP contribution in [0.2, 0.25) is 0 Å². The fourth-order valence-electron chi connectivity index (χ4n) is 2.69. The van der Waals surface area contributed by atoms with Crippen molar-refractivity contribution in [3.05, 3.63) is 70.5 Å². The van der Waals surface area contributed by atoms with Crippen LogP contribution < -0.4 is 15.8 Å². The third-order valence-electron chi connectivity index (χ3n) is 4.12. The summed E-state index contributed by atoms with van der Waals surface area (Å²) in [6, 6.07) is 17.1. The van der Waals surface area contributed by atoms with Gasteiger partial charge < -0.3 is 15.2 Å². The van der Waals surface area contributed by atoms with Crippen molar-refractivity contribution in [1.82, 2.24) is 4.98 Å². The van der Waals surface area contributed by atoms with E-state index in [0.29, 0.717) is 12.0 Å². The number of fused-ring (bicyclic) bond motifs is 1. The highest BCUT2D eigenvalue weighted by atomic mass is 16.1. The molecule has 0 bridgehead atoms. The number of aryl methyl sites for hydroxylation is 1. The number of nitrogens with one attached hydrogen (secondary N) is 2. The highest BCUT2D eigenvalue weighted by molar-refractivity contribution is 5.91. The van der Waals surface area contributed by atoms with E-state index in [9.17, 15) is 9.59 Å². The Morgan fingerprint density at radius 3 is 2.52 bits per heavy atom. The average Bonchev–Trinajstić information content (AvgIpc) is 2.60. The number of pyridine rings is 1. The quantitative estimate of drug-likeness (QED) is 0.753. The van der Waals surface area contributed by atoms with E-state index >= 15 is 0 Å². The van der Waals surface area contributed by atoms with Crippen LogP contribution in [0.4, 0.5) is 11.4 Å². The topological polar surface area (TPSA) is 65.2 Å². The molecule has 0 saturated carbocycles. The lowest BCUT2D eigenvalue weighted by Crippen LogP contribution is -2.17. The van der Waals surface area contributed by atoms with Crippen LogP contribution in [0.1, 0.15) is 12.0 Å². The standard InChI is InChI=1S/C20H21N3O2/c1-23(2)17-10-8-16(9-11-17)21-19(24)12-7-15-13-14-5-3-4-6-18(14)22-20(15)25/h3-6,8-11,13H,7,12H2,1-2H3,(H,21,24)(H,22,25). The summed E-state index contributed by atoms with van der Waals surface area (Å²) in [4.78, 5) is 29.1. The minimum absolute atomic E-state index is 0.106. The normalized spacial score (nSPS) is 10.6. The SMILES string of the molecule is CN(C)c1ccc(NC(=O)CCc2cc3ccccc3[nH]c2=O)cc1. The van der Waals surface area contributed by atoms with Gasteiger partial charge in [0.1, 0.15) is 0 Å². The number of carbonyl (C=O) groups excluding carboxylic acids is 1. The molecular formula is C20H21N3O2. The minimum Gasteiger partial charge on any atom is -0.378 e. The van der Waals surface area contributed by atoms with Crippen molar-refractivity contribution in [1.29, 1.82) is 0 Å². The van der Waals surface area contributed by atoms with Crippen LogP contribution in [0.5, 0.6) is 0 Å². The summed E-state index contributed by atoms with van der Waals surface area (Å²) in [5, 5.41) is 3.83. The summed E-state index contributed by atoms with van der Waals surface area (Å²) in [6.45, 7) is 0. The molecule has 5 heteroatoms. The van der Waals surface area contributed by atoms with E-state index in [1.807, 2.05) is 73.6 Å². The third kappa shape index (κ3) is 4.07. The Kier molecular flexibility index (Phi) is 4.84. The van der Waals surface area contributed by atoms with Crippen LogP contribution in [0.15, 0.2) is 59.4 Å². The first-order valence-corrected chi connectivity index (χ1v) is 8.21. The number of aromatic nitrogens is 1. The number of benzene rings is 2. The zero-order valence-electron chi connectivity index (χ0n) is 14.4. The molecule has 1 aromatic heterocycles. The molecule has 2 N–H and O–H groups in total. The van der Waals surface area contributed by atoms with Crippen LogP contribution in [0, 0.1) is 0 Å². The zero-order chi connectivity index (χ0) is 17.8. The molecule has 2 aromatic carbocycles. The predicted octanol–water partition coefficient (Wildman–Crippen LogP) is 3.17. The van der Waals surface area contributed by atoms with Crippen molar-refractivity contribution >= 4 is 28.2 Å². The first-order valence-electron chi connectivity index (χ1n) is 8.21. The zero-order valence-corrected chi connectivity index (χ0v) is 14.4. The van der Waals surface area contributed by atoms with Crippen LogP contribution >= 0.6 is 0 Å². The number of para-hydroxylation sites is 1. The molecule has 0 aliphatic heterocycles. The Morgan fingerprint density at radius 2 is 1.80 bits per heavy atom. The number of anilines is 2. The molecule has 0 fully saturated rings. The summed E-state index contributed by atoms with van der Waals surface area (Å²) in [5.41, 5.74) is 3.11. The molecule has 0 saturated heterocycles. The maximum Gasteiger partial charge on any atom is 0.251 e. The number of rotatable bonds is 5. The molecule has 0 aliphatic carbocycles. The highest BCUT2D eigenvalue weighted by Crippen LogP contribution is 2.16. The minimum atomic E-state index is -0.137. The molecule has 3 aromatic rings. The van der Waals surface area contributed by atoms with E-state index in [1.165, 1.54) is 0 Å². The lowest BCUT2D eigenvalue weighted by molar-refractivity contribution is -0.116. The van der Waals surface area contributed by atoms with Gasteiger partial charge in [-0.2, -0.15) is 0 Å². The Bertz CT molecular complexity index is 943. The number of hydrogen-bond donors (Lipinski definition) is 2. The number of carbonyl (C=O) groups is 1. The van der Waals surface area contributed by atoms with Gasteiger partial charge in [-0.1, -0.05) is 18.2 Å². The molecule has 0 unspecified atom stereocenters. The van der Waals surface area contributed by atoms with E-state index in [1.54, 1.807) is 0 Å². The van der Waals surface area contributed by atoms with Crippen molar-refractivity contribution in [2.24, 2.45) is 0 Å². The molecule has 1 amide bonds. The second-order valence-electron chi connectivity index (χ2n) is 6.20. The molecule has 1 heterocycles. The number of aromatic amines is 1. The van der Waals surface area contributed by atoms with Crippen LogP contribution in [-0.2, 0) is 11.2 Å². The molecule has 0 radical (unpaired) electrons. The number of amides is 1. The monoisotopic (exact) mass is 335 g/mol. The molecule has 5 nitrogen and oxygen atoms in total. The van der Waals surface area contributed by atoms with E-state index in [0.717, 1.165) is 22.3 Å². The van der Waals surface area contributed by atoms with Gasteiger partial charge in [0.15, 0.2) is 0 Å². The van der Waals surface area contributed by atoms with Gasteiger partial charge in [-0.25, -0.2) is 0 Å². The molecule has 25 heavy (non-hydrogen) atoms. The maximum atomic E-state index is 12.1. The fraction of sp³-hybridized carbons (Fsp3) is 0.200. The summed E-state index contributed by atoms with van der Waals surface area (Å²) >= 11 is 0. The number of nitrogens with zero attached hydrogens (tertiary/aromatic N) is 1. The van der Waals surface area contributed by atoms with Gasteiger partial charge in [-0.05, 0) is 48.2 Å². The van der Waals surface area contributed by atoms with Crippen LogP contribution in [0.25, 0.3) is 10.9 Å². The molecular weight excluding hydrogens is 314 g/mol. The molecule has 0 atom stereocenters. The lowest BCUT2D eigenvalue weighted by Gasteiger charge is -2.13. The van der Waals surface area contributed by atoms with E-state index < -0.39 is 0 Å². The Balaban J connectivity index is 1.64. The maximum absolute atomic E-state index is 12.1. The van der Waals surface area contributed by atoms with Crippen molar-refractivity contribution in [3.63, 3.8) is 0 Å². The highest BCUT2D eigenvalue weighted by Gasteiger charge is 2.07. The summed E-state index contributed by atoms with van der Waals surface area (Å²) in [7, 11) is 3.93. The van der Waals surface area contributed by atoms with Gasteiger partial charge in [-0.3, -0.25) is 9.59 Å². The Morgan fingerprint density at radius 1 is 1.08 bits per heavy atom. The van der Waals surface area contributed by atoms with Gasteiger partial charge >= 0.3 is 0 Å². The van der Waals surface area contributed by atoms with Gasteiger partial charge in [-0.15, -0.1) is 0 Å². The molecule has 0 aliphatic rings. The lowest BCUT2D eigenvalue weighted by atomic mass is 10.1. The number of hydrogen-bond acceptors (Lipinski definition) is 3. The summed E-state index contributed by atoms with van der Waals surface area (Å²) < 4.78 is 0. The summed E-state index contributed by atoms with van der Waals surface area (Å²) in [5.74, 6) is -0.106. The van der Waals surface area contributed by atoms with E-state index in [-0.39, 0.29) is 17.9 Å². The van der Waals surface area contributed by atoms with Gasteiger partial charge in [0.2, 0.25) is 5.91 Å². The van der Waals surface area contributed by atoms with Crippen molar-refractivity contribution in [3.8, 4) is 0 Å². The van der Waals surface area contributed by atoms with Gasteiger partial charge in [0, 0.05) is 43.0 Å². The van der Waals surface area contributed by atoms with Crippen LogP contribution in [-0.4, -0.2) is 25.0 Å². The van der Waals surface area contributed by atoms with E-state index in [4.69, 9.17) is 0 Å². The molecule has 0 spiro atoms. The van der Waals surface area contributed by atoms with Crippen molar-refractivity contribution in [2.75, 3.05) is 24.3 Å². The molecule has 3 rings (SSSR count). The second kappa shape index (κ2) is 7.21. The summed E-state index contributed by atoms with van der Waals surface area (Å²) in [6.07, 6.45) is 0.665. The average molecular weight is 335 g/mol. The first kappa shape index (κ1) is 16.8. The third-order valence-corrected chi connectivity index (χ3v) is 4.12. The Hall–Kier alpha value is -3.08. The second-order valence-corrected chi connectivity index (χ2v) is 6.20. The largest absolute Gasteiger partial charge is 0.378 e. The predicted molar refractivity (Wildman–Crippen MR) is 102 cm³/mol. The van der Waals surface area contributed by atoms with Crippen molar-refractivity contribution in [2.45, 2.75) is 12.8 Å². The smallest absolute Gasteiger partial charge is 0.251 e. The number of H-pyrrole nitrogens is 1. The molecule has 128 valence electrons. The van der Waals surface area contributed by atoms with Crippen LogP contribution in [0.3, 0.4) is 0 Å².